The highest BCUT2D eigenvalue weighted by Crippen LogP contribution is 2.32. The number of aromatic amines is 1. The summed E-state index contributed by atoms with van der Waals surface area (Å²) in [7, 11) is 0. The van der Waals surface area contributed by atoms with Gasteiger partial charge in [0.25, 0.3) is 0 Å². The van der Waals surface area contributed by atoms with E-state index in [9.17, 15) is 58.8 Å². The molecule has 2 aromatic rings. The van der Waals surface area contributed by atoms with E-state index in [1.807, 2.05) is 0 Å². The number of carbonyl (C=O) groups excluding carboxylic acids is 8. The fourth-order valence-corrected chi connectivity index (χ4v) is 8.98. The molecule has 8 amide bonds. The highest BCUT2D eigenvalue weighted by molar-refractivity contribution is 8.24. The lowest BCUT2D eigenvalue weighted by Gasteiger charge is -2.31. The van der Waals surface area contributed by atoms with Crippen LogP contribution in [0.4, 0.5) is 0 Å². The number of thiocarbonyl (C=S) groups is 1. The van der Waals surface area contributed by atoms with Crippen LogP contribution in [0.25, 0.3) is 10.9 Å². The normalized spacial score (nSPS) is 29.5. The second-order valence-corrected chi connectivity index (χ2v) is 18.4. The molecule has 10 atom stereocenters. The third-order valence-electron chi connectivity index (χ3n) is 10.4. The molecule has 2 bridgehead atoms. The summed E-state index contributed by atoms with van der Waals surface area (Å²) in [6.45, 7) is 4.02. The van der Waals surface area contributed by atoms with Crippen LogP contribution in [0.15, 0.2) is 29.3 Å². The average molecular weight is 922 g/mol. The first-order valence-electron chi connectivity index (χ1n) is 19.7. The first kappa shape index (κ1) is 48.2. The molecule has 5 heterocycles. The Morgan fingerprint density at radius 2 is 1.50 bits per heavy atom. The first-order chi connectivity index (χ1) is 29.2. The van der Waals surface area contributed by atoms with Gasteiger partial charge in [0.1, 0.15) is 46.6 Å². The summed E-state index contributed by atoms with van der Waals surface area (Å²) in [4.78, 5) is 111. The Morgan fingerprint density at radius 3 is 2.11 bits per heavy atom. The lowest BCUT2D eigenvalue weighted by atomic mass is 9.96. The van der Waals surface area contributed by atoms with Gasteiger partial charge in [-0.1, -0.05) is 42.2 Å². The van der Waals surface area contributed by atoms with Crippen molar-refractivity contribution in [2.45, 2.75) is 112 Å². The van der Waals surface area contributed by atoms with Crippen LogP contribution in [0.3, 0.4) is 0 Å². The number of nitrogens with one attached hydrogen (secondary N) is 8. The van der Waals surface area contributed by atoms with Crippen molar-refractivity contribution in [3.8, 4) is 0 Å². The van der Waals surface area contributed by atoms with Crippen molar-refractivity contribution in [2.24, 2.45) is 0 Å². The van der Waals surface area contributed by atoms with Crippen LogP contribution in [0.5, 0.6) is 0 Å². The number of hydrogen-bond donors (Lipinski definition) is 12. The number of aromatic nitrogens is 1. The van der Waals surface area contributed by atoms with Crippen LogP contribution < -0.4 is 37.2 Å². The molecule has 10 unspecified atom stereocenters. The van der Waals surface area contributed by atoms with Gasteiger partial charge in [0.05, 0.1) is 35.2 Å². The van der Waals surface area contributed by atoms with E-state index in [0.29, 0.717) is 31.6 Å². The minimum Gasteiger partial charge on any atom is -0.393 e. The minimum atomic E-state index is -1.90. The number of thioether (sulfide) groups is 2. The number of aliphatic hydroxyl groups excluding tert-OH is 3. The molecule has 338 valence electrons. The summed E-state index contributed by atoms with van der Waals surface area (Å²) in [6.07, 6.45) is -3.53. The Bertz CT molecular complexity index is 2090. The summed E-state index contributed by atoms with van der Waals surface area (Å²) >= 11 is 7.09. The molecular weight excluding hydrogens is 871 g/mol. The van der Waals surface area contributed by atoms with Crippen LogP contribution in [0, 0.1) is 0 Å². The lowest BCUT2D eigenvalue weighted by Crippen LogP contribution is -2.61. The van der Waals surface area contributed by atoms with Gasteiger partial charge in [-0.15, -0.1) is 11.8 Å². The van der Waals surface area contributed by atoms with Crippen molar-refractivity contribution in [1.82, 2.24) is 47.1 Å². The molecule has 21 nitrogen and oxygen atoms in total. The molecule has 4 aliphatic heterocycles. The zero-order valence-corrected chi connectivity index (χ0v) is 36.6. The number of fused-ring (bicyclic) bond motifs is 5. The maximum absolute atomic E-state index is 14.3. The van der Waals surface area contributed by atoms with E-state index in [0.717, 1.165) is 16.7 Å². The highest BCUT2D eigenvalue weighted by Gasteiger charge is 2.44. The second-order valence-electron chi connectivity index (χ2n) is 15.7. The van der Waals surface area contributed by atoms with E-state index < -0.39 is 114 Å². The van der Waals surface area contributed by atoms with Crippen LogP contribution >= 0.6 is 35.7 Å². The standard InChI is InChI=1S/C35H48N8O11S.C3H3NOS2/c1-15-27(47)38-22-10-20-19-7-5-6-8-21(19)41-33(20)55-13-24(34(53)43-12-18(46)9-25(43)31(51)37-15)40-32(52)26(17(3)45)42-28(48)16(2)36-30(50)23(39-29(22)49)11-35(4,54)14-44;5-2-1-7-3(6)4-2/h5-8,15-18,22-26,41,44-46,54H,9-14H2,1-4H3,(H,36,50)(H,37,51)(H,38,47)(H,39,49)(H,40,52)(H,42,48);1H2,(H,4,5,6). The van der Waals surface area contributed by atoms with Crippen molar-refractivity contribution in [3.63, 3.8) is 0 Å². The molecule has 0 saturated carbocycles. The average Bonchev–Trinajstić information content (AvgIpc) is 3.91. The Hall–Kier alpha value is -4.85. The number of hydrogen-bond acceptors (Lipinski definition) is 15. The van der Waals surface area contributed by atoms with Gasteiger partial charge in [0.2, 0.25) is 47.3 Å². The van der Waals surface area contributed by atoms with E-state index >= 15 is 0 Å². The predicted molar refractivity (Wildman–Crippen MR) is 229 cm³/mol. The maximum Gasteiger partial charge on any atom is 0.246 e. The molecule has 0 aliphatic carbocycles. The molecule has 1 aromatic carbocycles. The van der Waals surface area contributed by atoms with Gasteiger partial charge in [0.15, 0.2) is 0 Å². The molecule has 4 aliphatic rings. The molecular formula is C38H51N9O12S3. The number of carbonyl (C=O) groups is 8. The first-order valence-corrected chi connectivity index (χ1v) is 22.1. The number of rotatable bonds is 4. The smallest absolute Gasteiger partial charge is 0.246 e. The second kappa shape index (κ2) is 20.6. The number of nitrogens with zero attached hydrogens (tertiary/aromatic N) is 1. The molecule has 2 fully saturated rings. The van der Waals surface area contributed by atoms with E-state index in [2.05, 4.69) is 54.4 Å². The number of aliphatic hydroxyl groups is 4. The maximum atomic E-state index is 14.3. The van der Waals surface area contributed by atoms with E-state index in [4.69, 9.17) is 0 Å². The summed E-state index contributed by atoms with van der Waals surface area (Å²) in [5.74, 6) is -5.73. The minimum absolute atomic E-state index is 0.0231. The molecule has 1 aromatic heterocycles. The largest absolute Gasteiger partial charge is 0.393 e. The van der Waals surface area contributed by atoms with Crippen LogP contribution in [0.1, 0.15) is 46.1 Å². The van der Waals surface area contributed by atoms with E-state index in [1.54, 1.807) is 24.3 Å². The van der Waals surface area contributed by atoms with Gasteiger partial charge in [-0.2, -0.15) is 0 Å². The van der Waals surface area contributed by atoms with Gasteiger partial charge in [-0.25, -0.2) is 0 Å². The Morgan fingerprint density at radius 1 is 0.855 bits per heavy atom. The Balaban J connectivity index is 0.000000941. The van der Waals surface area contributed by atoms with Gasteiger partial charge in [0, 0.05) is 42.5 Å². The summed E-state index contributed by atoms with van der Waals surface area (Å²) in [5, 5.41) is 60.6. The lowest BCUT2D eigenvalue weighted by molar-refractivity contribution is -0.142. The van der Waals surface area contributed by atoms with Gasteiger partial charge < -0.3 is 67.5 Å². The van der Waals surface area contributed by atoms with Crippen molar-refractivity contribution in [3.05, 3.63) is 29.8 Å². The highest BCUT2D eigenvalue weighted by atomic mass is 32.2. The van der Waals surface area contributed by atoms with E-state index in [-0.39, 0.29) is 31.0 Å². The predicted octanol–water partition coefficient (Wildman–Crippen LogP) is -3.61. The topological polar surface area (TPSA) is 321 Å². The van der Waals surface area contributed by atoms with Crippen LogP contribution in [-0.4, -0.2) is 167 Å². The molecule has 0 radical (unpaired) electrons. The van der Waals surface area contributed by atoms with Gasteiger partial charge >= 0.3 is 0 Å². The number of benzene rings is 1. The third kappa shape index (κ3) is 12.0. The monoisotopic (exact) mass is 921 g/mol. The Kier molecular flexibility index (Phi) is 16.0. The zero-order chi connectivity index (χ0) is 45.6. The Labute approximate surface area is 369 Å². The quantitative estimate of drug-likeness (QED) is 0.132. The molecule has 0 spiro atoms. The number of amides is 8. The fourth-order valence-electron chi connectivity index (χ4n) is 7.06. The third-order valence-corrected chi connectivity index (χ3v) is 12.8. The fraction of sp³-hybridized carbons (Fsp3) is 0.553. The van der Waals surface area contributed by atoms with Crippen molar-refractivity contribution >= 4 is 98.2 Å². The van der Waals surface area contributed by atoms with Crippen molar-refractivity contribution in [2.75, 3.05) is 24.7 Å². The SMILES string of the molecule is CC1NC(=O)C(CC(C)(O)CO)NC(=O)C2Cc3c([nH]c4ccccc34)SCC(NC(=O)C(C(C)O)NC1=O)C(=O)N1CC(O)CC1C(=O)NC(C)C(=O)N2.O=C1CSC(=S)N1. The summed E-state index contributed by atoms with van der Waals surface area (Å²) in [5.41, 5.74) is -0.741. The van der Waals surface area contributed by atoms with Crippen molar-refractivity contribution in [1.29, 1.82) is 0 Å². The number of para-hydroxylation sites is 1. The van der Waals surface area contributed by atoms with Crippen LogP contribution in [-0.2, 0) is 44.8 Å². The summed E-state index contributed by atoms with van der Waals surface area (Å²) in [6, 6.07) is -2.86. The molecule has 62 heavy (non-hydrogen) atoms. The van der Waals surface area contributed by atoms with E-state index in [1.165, 1.54) is 39.5 Å². The number of H-pyrrole nitrogens is 1. The molecule has 24 heteroatoms. The van der Waals surface area contributed by atoms with Gasteiger partial charge in [-0.05, 0) is 39.3 Å². The summed E-state index contributed by atoms with van der Waals surface area (Å²) < 4.78 is 0.602. The zero-order valence-electron chi connectivity index (χ0n) is 34.2. The van der Waals surface area contributed by atoms with Gasteiger partial charge in [-0.3, -0.25) is 38.4 Å². The van der Waals surface area contributed by atoms with Crippen LogP contribution in [0.2, 0.25) is 0 Å². The molecule has 12 N–H and O–H groups in total. The van der Waals surface area contributed by atoms with Crippen molar-refractivity contribution < 1.29 is 58.8 Å². The molecule has 6 rings (SSSR count). The molecule has 2 saturated heterocycles.